The molecule has 9 heteroatoms. The van der Waals surface area contributed by atoms with Crippen LogP contribution in [0.1, 0.15) is 22.8 Å². The highest BCUT2D eigenvalue weighted by Gasteiger charge is 2.12. The van der Waals surface area contributed by atoms with Crippen molar-refractivity contribution in [3.05, 3.63) is 69.8 Å². The summed E-state index contributed by atoms with van der Waals surface area (Å²) in [6, 6.07) is 12.2. The average Bonchev–Trinajstić information content (AvgIpc) is 2.64. The molecule has 0 saturated carbocycles. The number of carbonyl (C=O) groups excluding carboxylic acids is 3. The molecule has 2 rings (SSSR count). The minimum absolute atomic E-state index is 0.0972. The molecule has 0 fully saturated rings. The van der Waals surface area contributed by atoms with E-state index >= 15 is 0 Å². The number of hydrogen-bond acceptors (Lipinski definition) is 5. The first kappa shape index (κ1) is 19.6. The van der Waals surface area contributed by atoms with Crippen LogP contribution in [-0.2, 0) is 16.1 Å². The second-order valence-corrected chi connectivity index (χ2v) is 5.65. The number of hydrogen-bond donors (Lipinski definition) is 3. The number of amides is 3. The Kier molecular flexibility index (Phi) is 6.59. The van der Waals surface area contributed by atoms with E-state index in [0.717, 1.165) is 11.6 Å². The maximum atomic E-state index is 12.0. The fourth-order valence-electron chi connectivity index (χ4n) is 2.25. The number of rotatable bonds is 7. The topological polar surface area (TPSA) is 130 Å². The van der Waals surface area contributed by atoms with Crippen LogP contribution in [-0.4, -0.2) is 29.2 Å². The maximum Gasteiger partial charge on any atom is 0.270 e. The fraction of sp³-hybridized carbons (Fsp3) is 0.167. The first-order valence-corrected chi connectivity index (χ1v) is 8.01. The third-order valence-corrected chi connectivity index (χ3v) is 3.47. The summed E-state index contributed by atoms with van der Waals surface area (Å²) in [5, 5.41) is 18.4. The van der Waals surface area contributed by atoms with Crippen molar-refractivity contribution in [1.29, 1.82) is 0 Å². The van der Waals surface area contributed by atoms with Crippen LogP contribution in [0.3, 0.4) is 0 Å². The molecule has 27 heavy (non-hydrogen) atoms. The zero-order valence-corrected chi connectivity index (χ0v) is 14.5. The van der Waals surface area contributed by atoms with E-state index in [4.69, 9.17) is 0 Å². The van der Waals surface area contributed by atoms with Crippen LogP contribution in [0.25, 0.3) is 0 Å². The third-order valence-electron chi connectivity index (χ3n) is 3.47. The Hall–Kier alpha value is -3.75. The quantitative estimate of drug-likeness (QED) is 0.503. The number of carbonyl (C=O) groups is 3. The molecule has 0 aromatic heterocycles. The summed E-state index contributed by atoms with van der Waals surface area (Å²) in [4.78, 5) is 45.1. The molecule has 0 bridgehead atoms. The van der Waals surface area contributed by atoms with Gasteiger partial charge in [-0.05, 0) is 23.8 Å². The number of nitrogens with zero attached hydrogens (tertiary/aromatic N) is 1. The van der Waals surface area contributed by atoms with E-state index < -0.39 is 16.7 Å². The van der Waals surface area contributed by atoms with Gasteiger partial charge in [0.05, 0.1) is 11.5 Å². The van der Waals surface area contributed by atoms with Crippen molar-refractivity contribution in [3.63, 3.8) is 0 Å². The molecule has 2 aromatic carbocycles. The molecule has 0 spiro atoms. The predicted molar refractivity (Wildman–Crippen MR) is 98.0 cm³/mol. The second-order valence-electron chi connectivity index (χ2n) is 5.65. The lowest BCUT2D eigenvalue weighted by Gasteiger charge is -2.09. The first-order chi connectivity index (χ1) is 12.8. The van der Waals surface area contributed by atoms with Gasteiger partial charge in [0, 0.05) is 36.9 Å². The molecular weight excluding hydrogens is 352 g/mol. The maximum absolute atomic E-state index is 12.0. The molecule has 3 amide bonds. The van der Waals surface area contributed by atoms with Crippen LogP contribution in [0, 0.1) is 10.1 Å². The van der Waals surface area contributed by atoms with Crippen molar-refractivity contribution >= 4 is 29.1 Å². The molecule has 0 atom stereocenters. The molecule has 3 N–H and O–H groups in total. The average molecular weight is 370 g/mol. The van der Waals surface area contributed by atoms with E-state index in [-0.39, 0.29) is 30.2 Å². The summed E-state index contributed by atoms with van der Waals surface area (Å²) in [5.74, 6) is -1.19. The molecule has 9 nitrogen and oxygen atoms in total. The van der Waals surface area contributed by atoms with Crippen LogP contribution in [0.2, 0.25) is 0 Å². The van der Waals surface area contributed by atoms with Gasteiger partial charge in [0.1, 0.15) is 0 Å². The first-order valence-electron chi connectivity index (χ1n) is 8.01. The summed E-state index contributed by atoms with van der Waals surface area (Å²) in [6.07, 6.45) is 0. The number of nitro groups is 1. The standard InChI is InChI=1S/C18H18N4O5/c1-12(23)21-15-6-2-4-13(8-15)10-19-17(24)11-20-18(25)14-5-3-7-16(9-14)22(26)27/h2-9H,10-11H2,1H3,(H,19,24)(H,20,25)(H,21,23). The lowest BCUT2D eigenvalue weighted by atomic mass is 10.2. The van der Waals surface area contributed by atoms with Gasteiger partial charge in [-0.25, -0.2) is 0 Å². The molecule has 2 aromatic rings. The summed E-state index contributed by atoms with van der Waals surface area (Å²) in [6.45, 7) is 1.35. The van der Waals surface area contributed by atoms with Gasteiger partial charge in [-0.1, -0.05) is 18.2 Å². The van der Waals surface area contributed by atoms with E-state index in [0.29, 0.717) is 5.69 Å². The molecule has 0 aliphatic carbocycles. The molecule has 140 valence electrons. The Labute approximate surface area is 154 Å². The molecule has 0 heterocycles. The monoisotopic (exact) mass is 370 g/mol. The van der Waals surface area contributed by atoms with Crippen molar-refractivity contribution in [2.45, 2.75) is 13.5 Å². The Bertz CT molecular complexity index is 882. The Balaban J connectivity index is 1.84. The predicted octanol–water partition coefficient (Wildman–Crippen LogP) is 1.60. The third kappa shape index (κ3) is 6.24. The van der Waals surface area contributed by atoms with E-state index in [2.05, 4.69) is 16.0 Å². The van der Waals surface area contributed by atoms with Crippen molar-refractivity contribution < 1.29 is 19.3 Å². The number of non-ortho nitro benzene ring substituents is 1. The highest BCUT2D eigenvalue weighted by atomic mass is 16.6. The highest BCUT2D eigenvalue weighted by molar-refractivity contribution is 5.97. The number of nitro benzene ring substituents is 1. The van der Waals surface area contributed by atoms with Gasteiger partial charge in [0.15, 0.2) is 0 Å². The number of nitrogens with one attached hydrogen (secondary N) is 3. The number of anilines is 1. The minimum Gasteiger partial charge on any atom is -0.350 e. The molecule has 0 saturated heterocycles. The normalized spacial score (nSPS) is 9.96. The lowest BCUT2D eigenvalue weighted by molar-refractivity contribution is -0.384. The van der Waals surface area contributed by atoms with Gasteiger partial charge in [0.25, 0.3) is 11.6 Å². The molecule has 0 aliphatic rings. The van der Waals surface area contributed by atoms with Gasteiger partial charge in [-0.3, -0.25) is 24.5 Å². The Morgan fingerprint density at radius 1 is 1.04 bits per heavy atom. The van der Waals surface area contributed by atoms with Gasteiger partial charge >= 0.3 is 0 Å². The summed E-state index contributed by atoms with van der Waals surface area (Å²) >= 11 is 0. The molecule has 0 unspecified atom stereocenters. The van der Waals surface area contributed by atoms with E-state index in [1.165, 1.54) is 25.1 Å². The largest absolute Gasteiger partial charge is 0.350 e. The zero-order chi connectivity index (χ0) is 19.8. The van der Waals surface area contributed by atoms with Crippen LogP contribution in [0.15, 0.2) is 48.5 Å². The Morgan fingerprint density at radius 3 is 2.48 bits per heavy atom. The van der Waals surface area contributed by atoms with Crippen molar-refractivity contribution in [1.82, 2.24) is 10.6 Å². The van der Waals surface area contributed by atoms with Crippen LogP contribution < -0.4 is 16.0 Å². The fourth-order valence-corrected chi connectivity index (χ4v) is 2.25. The summed E-state index contributed by atoms with van der Waals surface area (Å²) in [5.41, 5.74) is 1.29. The zero-order valence-electron chi connectivity index (χ0n) is 14.5. The molecular formula is C18H18N4O5. The van der Waals surface area contributed by atoms with Gasteiger partial charge in [-0.15, -0.1) is 0 Å². The van der Waals surface area contributed by atoms with Gasteiger partial charge < -0.3 is 16.0 Å². The SMILES string of the molecule is CC(=O)Nc1cccc(CNC(=O)CNC(=O)c2cccc([N+](=O)[O-])c2)c1. The van der Waals surface area contributed by atoms with Gasteiger partial charge in [0.2, 0.25) is 11.8 Å². The summed E-state index contributed by atoms with van der Waals surface area (Å²) < 4.78 is 0. The lowest BCUT2D eigenvalue weighted by Crippen LogP contribution is -2.36. The van der Waals surface area contributed by atoms with Crippen LogP contribution >= 0.6 is 0 Å². The van der Waals surface area contributed by atoms with Crippen LogP contribution in [0.5, 0.6) is 0 Å². The van der Waals surface area contributed by atoms with E-state index in [9.17, 15) is 24.5 Å². The van der Waals surface area contributed by atoms with Crippen LogP contribution in [0.4, 0.5) is 11.4 Å². The number of benzene rings is 2. The molecule has 0 radical (unpaired) electrons. The smallest absolute Gasteiger partial charge is 0.270 e. The van der Waals surface area contributed by atoms with E-state index in [1.807, 2.05) is 0 Å². The van der Waals surface area contributed by atoms with Crippen molar-refractivity contribution in [3.8, 4) is 0 Å². The van der Waals surface area contributed by atoms with E-state index in [1.54, 1.807) is 24.3 Å². The highest BCUT2D eigenvalue weighted by Crippen LogP contribution is 2.13. The molecule has 0 aliphatic heterocycles. The van der Waals surface area contributed by atoms with Crippen molar-refractivity contribution in [2.75, 3.05) is 11.9 Å². The summed E-state index contributed by atoms with van der Waals surface area (Å²) in [7, 11) is 0. The van der Waals surface area contributed by atoms with Crippen molar-refractivity contribution in [2.24, 2.45) is 0 Å². The Morgan fingerprint density at radius 2 is 1.78 bits per heavy atom. The second kappa shape index (κ2) is 9.09. The van der Waals surface area contributed by atoms with Gasteiger partial charge in [-0.2, -0.15) is 0 Å². The minimum atomic E-state index is -0.599.